The van der Waals surface area contributed by atoms with Crippen molar-refractivity contribution in [2.45, 2.75) is 36.6 Å². The first-order valence-electron chi connectivity index (χ1n) is 10.7. The molecule has 0 bridgehead atoms. The van der Waals surface area contributed by atoms with Crippen molar-refractivity contribution in [2.75, 3.05) is 26.5 Å². The summed E-state index contributed by atoms with van der Waals surface area (Å²) in [5.74, 6) is 1.42. The molecular formula is C24H27FN2O4S. The number of nitrogens with one attached hydrogen (secondary N) is 1. The van der Waals surface area contributed by atoms with Gasteiger partial charge in [0.15, 0.2) is 0 Å². The van der Waals surface area contributed by atoms with Gasteiger partial charge in [-0.1, -0.05) is 12.1 Å². The largest absolute Gasteiger partial charge is 0.497 e. The number of likely N-dealkylation sites (tertiary alicyclic amines) is 1. The number of hydrogen-bond donors (Lipinski definition) is 1. The monoisotopic (exact) mass is 458 g/mol. The van der Waals surface area contributed by atoms with Crippen molar-refractivity contribution in [3.63, 3.8) is 0 Å². The van der Waals surface area contributed by atoms with Crippen LogP contribution in [0.3, 0.4) is 0 Å². The van der Waals surface area contributed by atoms with E-state index in [4.69, 9.17) is 9.47 Å². The number of carbonyl (C=O) groups excluding carboxylic acids is 2. The number of carbonyl (C=O) groups is 2. The maximum Gasteiger partial charge on any atom is 0.246 e. The standard InChI is InChI=1S/C24H27FN2O4S/c1-30-17-9-10-21(31-2)18(13-17)20-4-3-11-27(20)24(29)19-14-32-22(23(28)26-19)12-15-5-7-16(25)8-6-15/h5-10,13,19-20,22H,3-4,11-12,14H2,1-2H3,(H,26,28). The highest BCUT2D eigenvalue weighted by molar-refractivity contribution is 8.00. The Morgan fingerprint density at radius 2 is 1.97 bits per heavy atom. The quantitative estimate of drug-likeness (QED) is 0.719. The van der Waals surface area contributed by atoms with E-state index in [1.807, 2.05) is 23.1 Å². The third-order valence-corrected chi connectivity index (χ3v) is 7.35. The fourth-order valence-electron chi connectivity index (χ4n) is 4.37. The lowest BCUT2D eigenvalue weighted by Crippen LogP contribution is -2.55. The SMILES string of the molecule is COc1ccc(OC)c(C2CCCN2C(=O)C2CSC(Cc3ccc(F)cc3)C(=O)N2)c1. The highest BCUT2D eigenvalue weighted by atomic mass is 32.2. The highest BCUT2D eigenvalue weighted by Gasteiger charge is 2.39. The van der Waals surface area contributed by atoms with E-state index in [9.17, 15) is 14.0 Å². The Hall–Kier alpha value is -2.74. The Morgan fingerprint density at radius 3 is 2.66 bits per heavy atom. The summed E-state index contributed by atoms with van der Waals surface area (Å²) in [5.41, 5.74) is 1.82. The Morgan fingerprint density at radius 1 is 1.19 bits per heavy atom. The lowest BCUT2D eigenvalue weighted by atomic mass is 10.0. The molecule has 3 atom stereocenters. The van der Waals surface area contributed by atoms with Crippen LogP contribution >= 0.6 is 11.8 Å². The Labute approximate surface area is 191 Å². The van der Waals surface area contributed by atoms with Crippen molar-refractivity contribution >= 4 is 23.6 Å². The van der Waals surface area contributed by atoms with Gasteiger partial charge in [-0.25, -0.2) is 4.39 Å². The summed E-state index contributed by atoms with van der Waals surface area (Å²) in [6, 6.07) is 11.1. The summed E-state index contributed by atoms with van der Waals surface area (Å²) >= 11 is 1.48. The van der Waals surface area contributed by atoms with Crippen molar-refractivity contribution in [2.24, 2.45) is 0 Å². The van der Waals surface area contributed by atoms with Gasteiger partial charge in [-0.2, -0.15) is 0 Å². The molecule has 2 saturated heterocycles. The van der Waals surface area contributed by atoms with Gasteiger partial charge in [0.2, 0.25) is 11.8 Å². The number of methoxy groups -OCH3 is 2. The van der Waals surface area contributed by atoms with Crippen molar-refractivity contribution in [3.8, 4) is 11.5 Å². The normalized spacial score (nSPS) is 23.0. The molecule has 170 valence electrons. The number of benzene rings is 2. The van der Waals surface area contributed by atoms with Crippen LogP contribution in [0.4, 0.5) is 4.39 Å². The van der Waals surface area contributed by atoms with Gasteiger partial charge in [-0.15, -0.1) is 11.8 Å². The summed E-state index contributed by atoms with van der Waals surface area (Å²) in [4.78, 5) is 27.9. The maximum atomic E-state index is 13.4. The van der Waals surface area contributed by atoms with Crippen LogP contribution in [0.2, 0.25) is 0 Å². The second-order valence-electron chi connectivity index (χ2n) is 8.01. The van der Waals surface area contributed by atoms with Crippen molar-refractivity contribution in [1.82, 2.24) is 10.2 Å². The minimum Gasteiger partial charge on any atom is -0.497 e. The molecule has 2 aromatic rings. The van der Waals surface area contributed by atoms with E-state index >= 15 is 0 Å². The zero-order chi connectivity index (χ0) is 22.7. The van der Waals surface area contributed by atoms with Crippen molar-refractivity contribution < 1.29 is 23.5 Å². The Kier molecular flexibility index (Phi) is 6.89. The molecule has 1 N–H and O–H groups in total. The molecule has 2 fully saturated rings. The lowest BCUT2D eigenvalue weighted by Gasteiger charge is -2.33. The Balaban J connectivity index is 1.44. The van der Waals surface area contributed by atoms with E-state index < -0.39 is 6.04 Å². The van der Waals surface area contributed by atoms with Crippen LogP contribution in [-0.2, 0) is 16.0 Å². The summed E-state index contributed by atoms with van der Waals surface area (Å²) < 4.78 is 24.0. The number of hydrogen-bond acceptors (Lipinski definition) is 5. The van der Waals surface area contributed by atoms with Gasteiger partial charge in [0.1, 0.15) is 23.4 Å². The van der Waals surface area contributed by atoms with E-state index in [0.717, 1.165) is 29.7 Å². The molecule has 0 radical (unpaired) electrons. The number of nitrogens with zero attached hydrogens (tertiary/aromatic N) is 1. The molecule has 8 heteroatoms. The maximum absolute atomic E-state index is 13.4. The molecule has 32 heavy (non-hydrogen) atoms. The molecule has 0 spiro atoms. The average Bonchev–Trinajstić information content (AvgIpc) is 3.30. The molecule has 2 aromatic carbocycles. The molecule has 6 nitrogen and oxygen atoms in total. The lowest BCUT2D eigenvalue weighted by molar-refractivity contribution is -0.136. The third kappa shape index (κ3) is 4.70. The number of amides is 2. The van der Waals surface area contributed by atoms with Crippen LogP contribution < -0.4 is 14.8 Å². The van der Waals surface area contributed by atoms with Crippen LogP contribution in [0.1, 0.15) is 30.0 Å². The van der Waals surface area contributed by atoms with E-state index in [-0.39, 0.29) is 28.9 Å². The molecule has 2 aliphatic rings. The molecule has 2 aliphatic heterocycles. The predicted octanol–water partition coefficient (Wildman–Crippen LogP) is 3.35. The van der Waals surface area contributed by atoms with Crippen LogP contribution in [0.25, 0.3) is 0 Å². The summed E-state index contributed by atoms with van der Waals surface area (Å²) in [5, 5.41) is 2.62. The predicted molar refractivity (Wildman–Crippen MR) is 122 cm³/mol. The van der Waals surface area contributed by atoms with Crippen molar-refractivity contribution in [1.29, 1.82) is 0 Å². The third-order valence-electron chi connectivity index (χ3n) is 6.04. The van der Waals surface area contributed by atoms with E-state index in [2.05, 4.69) is 5.32 Å². The van der Waals surface area contributed by atoms with Gasteiger partial charge in [0.05, 0.1) is 25.5 Å². The molecule has 3 unspecified atom stereocenters. The second-order valence-corrected chi connectivity index (χ2v) is 9.25. The smallest absolute Gasteiger partial charge is 0.246 e. The number of rotatable bonds is 6. The first-order valence-corrected chi connectivity index (χ1v) is 11.7. The minimum absolute atomic E-state index is 0.0709. The molecule has 0 aromatic heterocycles. The second kappa shape index (κ2) is 9.81. The minimum atomic E-state index is -0.561. The molecule has 0 saturated carbocycles. The summed E-state index contributed by atoms with van der Waals surface area (Å²) in [6.45, 7) is 0.639. The van der Waals surface area contributed by atoms with Gasteiger partial charge in [-0.3, -0.25) is 9.59 Å². The van der Waals surface area contributed by atoms with Gasteiger partial charge in [-0.05, 0) is 55.2 Å². The van der Waals surface area contributed by atoms with Gasteiger partial charge >= 0.3 is 0 Å². The van der Waals surface area contributed by atoms with E-state index in [1.165, 1.54) is 23.9 Å². The van der Waals surface area contributed by atoms with Crippen LogP contribution in [0, 0.1) is 5.82 Å². The molecule has 4 rings (SSSR count). The van der Waals surface area contributed by atoms with E-state index in [0.29, 0.717) is 24.5 Å². The topological polar surface area (TPSA) is 67.9 Å². The highest BCUT2D eigenvalue weighted by Crippen LogP contribution is 2.39. The zero-order valence-electron chi connectivity index (χ0n) is 18.2. The molecule has 2 heterocycles. The van der Waals surface area contributed by atoms with Crippen LogP contribution in [-0.4, -0.2) is 54.5 Å². The van der Waals surface area contributed by atoms with E-state index in [1.54, 1.807) is 26.4 Å². The first kappa shape index (κ1) is 22.5. The first-order chi connectivity index (χ1) is 15.5. The van der Waals surface area contributed by atoms with Gasteiger partial charge < -0.3 is 19.7 Å². The summed E-state index contributed by atoms with van der Waals surface area (Å²) in [6.07, 6.45) is 2.22. The summed E-state index contributed by atoms with van der Waals surface area (Å²) in [7, 11) is 3.23. The average molecular weight is 459 g/mol. The molecular weight excluding hydrogens is 431 g/mol. The molecule has 0 aliphatic carbocycles. The van der Waals surface area contributed by atoms with Gasteiger partial charge in [0.25, 0.3) is 0 Å². The molecule has 2 amide bonds. The Bertz CT molecular complexity index is 984. The number of thioether (sulfide) groups is 1. The number of halogens is 1. The fraction of sp³-hybridized carbons (Fsp3) is 0.417. The van der Waals surface area contributed by atoms with Crippen molar-refractivity contribution in [3.05, 3.63) is 59.4 Å². The van der Waals surface area contributed by atoms with Gasteiger partial charge in [0, 0.05) is 17.9 Å². The van der Waals surface area contributed by atoms with Crippen LogP contribution in [0.15, 0.2) is 42.5 Å². The fourth-order valence-corrected chi connectivity index (χ4v) is 5.55. The number of ether oxygens (including phenoxy) is 2. The van der Waals surface area contributed by atoms with Crippen LogP contribution in [0.5, 0.6) is 11.5 Å². The zero-order valence-corrected chi connectivity index (χ0v) is 19.0.